The van der Waals surface area contributed by atoms with Gasteiger partial charge in [0.15, 0.2) is 6.29 Å². The van der Waals surface area contributed by atoms with Gasteiger partial charge in [-0.1, -0.05) is 13.8 Å². The number of piperidine rings is 1. The number of hydrogen-bond acceptors (Lipinski definition) is 5. The zero-order valence-electron chi connectivity index (χ0n) is 16.2. The molecule has 1 rings (SSSR count). The van der Waals surface area contributed by atoms with Crippen molar-refractivity contribution in [3.05, 3.63) is 0 Å². The maximum Gasteiger partial charge on any atom is 0.239 e. The Morgan fingerprint density at radius 3 is 2.21 bits per heavy atom. The van der Waals surface area contributed by atoms with Gasteiger partial charge in [0.2, 0.25) is 5.91 Å². The molecule has 0 saturated carbocycles. The van der Waals surface area contributed by atoms with E-state index in [2.05, 4.69) is 25.8 Å². The minimum atomic E-state index is -0.450. The van der Waals surface area contributed by atoms with E-state index in [0.29, 0.717) is 32.1 Å². The Morgan fingerprint density at radius 1 is 1.21 bits per heavy atom. The van der Waals surface area contributed by atoms with Crippen molar-refractivity contribution in [2.75, 3.05) is 39.9 Å². The van der Waals surface area contributed by atoms with Crippen molar-refractivity contribution in [2.24, 2.45) is 11.7 Å². The fourth-order valence-corrected chi connectivity index (χ4v) is 3.23. The van der Waals surface area contributed by atoms with Crippen LogP contribution in [0.25, 0.3) is 0 Å². The molecule has 0 aliphatic carbocycles. The molecule has 6 nitrogen and oxygen atoms in total. The Morgan fingerprint density at radius 2 is 1.75 bits per heavy atom. The number of ether oxygens (including phenoxy) is 2. The van der Waals surface area contributed by atoms with Crippen molar-refractivity contribution in [3.63, 3.8) is 0 Å². The van der Waals surface area contributed by atoms with Gasteiger partial charge in [0, 0.05) is 19.3 Å². The van der Waals surface area contributed by atoms with Gasteiger partial charge in [0.1, 0.15) is 0 Å². The molecule has 24 heavy (non-hydrogen) atoms. The summed E-state index contributed by atoms with van der Waals surface area (Å²) in [5.41, 5.74) is 6.19. The van der Waals surface area contributed by atoms with Gasteiger partial charge < -0.3 is 25.0 Å². The lowest BCUT2D eigenvalue weighted by Gasteiger charge is -2.40. The minimum absolute atomic E-state index is 0.0302. The zero-order chi connectivity index (χ0) is 18.1. The number of carbonyl (C=O) groups is 1. The second-order valence-corrected chi connectivity index (χ2v) is 7.10. The lowest BCUT2D eigenvalue weighted by atomic mass is 9.99. The Kier molecular flexibility index (Phi) is 9.81. The van der Waals surface area contributed by atoms with Crippen LogP contribution < -0.4 is 5.73 Å². The molecule has 0 radical (unpaired) electrons. The summed E-state index contributed by atoms with van der Waals surface area (Å²) in [7, 11) is 2.12. The molecule has 1 aliphatic rings. The van der Waals surface area contributed by atoms with Crippen LogP contribution in [0.2, 0.25) is 0 Å². The number of amides is 1. The van der Waals surface area contributed by atoms with E-state index in [1.165, 1.54) is 0 Å². The van der Waals surface area contributed by atoms with Crippen molar-refractivity contribution in [2.45, 2.75) is 65.3 Å². The Balaban J connectivity index is 2.82. The van der Waals surface area contributed by atoms with Crippen LogP contribution in [0, 0.1) is 5.92 Å². The lowest BCUT2D eigenvalue weighted by Crippen LogP contribution is -2.54. The van der Waals surface area contributed by atoms with E-state index in [0.717, 1.165) is 25.9 Å². The van der Waals surface area contributed by atoms with Crippen molar-refractivity contribution in [1.82, 2.24) is 9.80 Å². The third kappa shape index (κ3) is 7.05. The number of carbonyl (C=O) groups excluding carboxylic acids is 1. The van der Waals surface area contributed by atoms with Gasteiger partial charge >= 0.3 is 0 Å². The van der Waals surface area contributed by atoms with Gasteiger partial charge in [0.25, 0.3) is 0 Å². The first-order valence-corrected chi connectivity index (χ1v) is 9.36. The van der Waals surface area contributed by atoms with Crippen LogP contribution in [0.3, 0.4) is 0 Å². The number of hydrogen-bond donors (Lipinski definition) is 1. The van der Waals surface area contributed by atoms with Crippen molar-refractivity contribution >= 4 is 5.91 Å². The van der Waals surface area contributed by atoms with Gasteiger partial charge in [-0.25, -0.2) is 0 Å². The highest BCUT2D eigenvalue weighted by atomic mass is 16.7. The number of rotatable bonds is 10. The summed E-state index contributed by atoms with van der Waals surface area (Å²) in [4.78, 5) is 17.2. The van der Waals surface area contributed by atoms with E-state index in [1.807, 2.05) is 18.7 Å². The molecule has 1 amide bonds. The van der Waals surface area contributed by atoms with Crippen LogP contribution >= 0.6 is 0 Å². The summed E-state index contributed by atoms with van der Waals surface area (Å²) in [6, 6.07) is -0.233. The lowest BCUT2D eigenvalue weighted by molar-refractivity contribution is -0.164. The number of nitrogens with two attached hydrogens (primary N) is 1. The van der Waals surface area contributed by atoms with Crippen LogP contribution in [0.15, 0.2) is 0 Å². The first kappa shape index (κ1) is 21.4. The molecule has 2 N–H and O–H groups in total. The van der Waals surface area contributed by atoms with E-state index in [-0.39, 0.29) is 18.2 Å². The highest BCUT2D eigenvalue weighted by molar-refractivity contribution is 5.82. The summed E-state index contributed by atoms with van der Waals surface area (Å²) in [5, 5.41) is 0. The average Bonchev–Trinajstić information content (AvgIpc) is 2.52. The predicted molar refractivity (Wildman–Crippen MR) is 96.7 cm³/mol. The van der Waals surface area contributed by atoms with E-state index in [9.17, 15) is 4.79 Å². The van der Waals surface area contributed by atoms with Crippen molar-refractivity contribution < 1.29 is 14.3 Å². The largest absolute Gasteiger partial charge is 0.351 e. The first-order valence-electron chi connectivity index (χ1n) is 9.36. The number of likely N-dealkylation sites (tertiary alicyclic amines) is 1. The van der Waals surface area contributed by atoms with Gasteiger partial charge in [-0.05, 0) is 59.2 Å². The maximum absolute atomic E-state index is 13.0. The van der Waals surface area contributed by atoms with Crippen LogP contribution in [0.1, 0.15) is 47.0 Å². The molecule has 0 aromatic rings. The van der Waals surface area contributed by atoms with Gasteiger partial charge in [0.05, 0.1) is 12.6 Å². The van der Waals surface area contributed by atoms with Crippen LogP contribution in [0.4, 0.5) is 0 Å². The molecular weight excluding hydrogens is 306 g/mol. The van der Waals surface area contributed by atoms with E-state index in [4.69, 9.17) is 15.2 Å². The standard InChI is InChI=1S/C18H37N3O3/c1-6-23-17(24-7-2)13-21(15-8-10-20(5)11-9-15)18(22)16(19)12-14(3)4/h14-17H,6-13,19H2,1-5H3/t16-/m0/s1. The third-order valence-electron chi connectivity index (χ3n) is 4.51. The molecule has 1 aliphatic heterocycles. The smallest absolute Gasteiger partial charge is 0.239 e. The zero-order valence-corrected chi connectivity index (χ0v) is 16.2. The monoisotopic (exact) mass is 343 g/mol. The van der Waals surface area contributed by atoms with Crippen molar-refractivity contribution in [1.29, 1.82) is 0 Å². The molecule has 1 fully saturated rings. The van der Waals surface area contributed by atoms with Crippen LogP contribution in [-0.4, -0.2) is 74.0 Å². The molecule has 0 unspecified atom stereocenters. The Bertz CT molecular complexity index is 351. The third-order valence-corrected chi connectivity index (χ3v) is 4.51. The molecule has 142 valence electrons. The summed E-state index contributed by atoms with van der Waals surface area (Å²) in [6.45, 7) is 11.7. The van der Waals surface area contributed by atoms with Crippen LogP contribution in [-0.2, 0) is 14.3 Å². The molecule has 0 aromatic heterocycles. The first-order chi connectivity index (χ1) is 11.4. The Hall–Kier alpha value is -0.690. The normalized spacial score (nSPS) is 18.3. The molecule has 0 bridgehead atoms. The van der Waals surface area contributed by atoms with Gasteiger partial charge in [-0.15, -0.1) is 0 Å². The molecule has 1 atom stereocenters. The Labute approximate surface area is 147 Å². The van der Waals surface area contributed by atoms with Gasteiger partial charge in [-0.3, -0.25) is 4.79 Å². The summed E-state index contributed by atoms with van der Waals surface area (Å²) in [5.74, 6) is 0.431. The van der Waals surface area contributed by atoms with E-state index in [1.54, 1.807) is 0 Å². The average molecular weight is 344 g/mol. The van der Waals surface area contributed by atoms with Gasteiger partial charge in [-0.2, -0.15) is 0 Å². The molecule has 1 saturated heterocycles. The summed E-state index contributed by atoms with van der Waals surface area (Å²) >= 11 is 0. The highest BCUT2D eigenvalue weighted by Gasteiger charge is 2.32. The fraction of sp³-hybridized carbons (Fsp3) is 0.944. The topological polar surface area (TPSA) is 68.0 Å². The fourth-order valence-electron chi connectivity index (χ4n) is 3.23. The van der Waals surface area contributed by atoms with Crippen molar-refractivity contribution in [3.8, 4) is 0 Å². The van der Waals surface area contributed by atoms with Crippen LogP contribution in [0.5, 0.6) is 0 Å². The molecule has 0 spiro atoms. The SMILES string of the molecule is CCOC(CN(C(=O)[C@@H](N)CC(C)C)C1CCN(C)CC1)OCC. The van der Waals surface area contributed by atoms with E-state index >= 15 is 0 Å². The van der Waals surface area contributed by atoms with E-state index < -0.39 is 6.04 Å². The number of nitrogens with zero attached hydrogens (tertiary/aromatic N) is 2. The summed E-state index contributed by atoms with van der Waals surface area (Å²) < 4.78 is 11.3. The maximum atomic E-state index is 13.0. The highest BCUT2D eigenvalue weighted by Crippen LogP contribution is 2.19. The molecule has 6 heteroatoms. The molecule has 0 aromatic carbocycles. The quantitative estimate of drug-likeness (QED) is 0.611. The second-order valence-electron chi connectivity index (χ2n) is 7.10. The second kappa shape index (κ2) is 11.0. The molecular formula is C18H37N3O3. The minimum Gasteiger partial charge on any atom is -0.351 e. The summed E-state index contributed by atoms with van der Waals surface area (Å²) in [6.07, 6.45) is 2.27. The predicted octanol–water partition coefficient (Wildman–Crippen LogP) is 1.68. The molecule has 1 heterocycles.